The lowest BCUT2D eigenvalue weighted by atomic mass is 9.82. The summed E-state index contributed by atoms with van der Waals surface area (Å²) >= 11 is 0. The number of likely N-dealkylation sites (tertiary alicyclic amines) is 1. The number of amides is 1. The number of carbonyl (C=O) groups excluding carboxylic acids is 1. The molecule has 1 N–H and O–H groups in total. The molecule has 1 aromatic heterocycles. The second-order valence-electron chi connectivity index (χ2n) is 8.12. The van der Waals surface area contributed by atoms with Crippen LogP contribution < -0.4 is 10.1 Å². The van der Waals surface area contributed by atoms with Crippen molar-refractivity contribution in [1.29, 1.82) is 0 Å². The number of nitrogens with zero attached hydrogens (tertiary/aromatic N) is 2. The first-order valence-corrected chi connectivity index (χ1v) is 10.7. The van der Waals surface area contributed by atoms with Crippen LogP contribution >= 0.6 is 0 Å². The molecule has 0 unspecified atom stereocenters. The molecule has 5 nitrogen and oxygen atoms in total. The summed E-state index contributed by atoms with van der Waals surface area (Å²) in [7, 11) is 0. The number of ether oxygens (including phenoxy) is 1. The van der Waals surface area contributed by atoms with Crippen LogP contribution in [-0.2, 0) is 16.8 Å². The number of rotatable bonds is 4. The standard InChI is InChI=1S/C25H27N3O2/c1-2-30-20-11-9-19(10-12-20)18-24(29)27-16-13-25(14-17-27)23-8-5-15-28(23)22-7-4-3-6-21(22)26-25/h3-12,15,26H,2,13-14,16-18H2,1H3. The molecule has 1 amide bonds. The van der Waals surface area contributed by atoms with E-state index in [1.807, 2.05) is 36.1 Å². The molecule has 5 heteroatoms. The van der Waals surface area contributed by atoms with Crippen molar-refractivity contribution in [3.05, 3.63) is 78.1 Å². The summed E-state index contributed by atoms with van der Waals surface area (Å²) in [6.07, 6.45) is 4.38. The van der Waals surface area contributed by atoms with Gasteiger partial charge in [0.2, 0.25) is 5.91 Å². The fourth-order valence-electron chi connectivity index (χ4n) is 4.77. The normalized spacial score (nSPS) is 16.5. The smallest absolute Gasteiger partial charge is 0.226 e. The molecule has 2 aliphatic heterocycles. The Kier molecular flexibility index (Phi) is 4.74. The van der Waals surface area contributed by atoms with Gasteiger partial charge in [-0.15, -0.1) is 0 Å². The van der Waals surface area contributed by atoms with Crippen LogP contribution in [0.3, 0.4) is 0 Å². The molecule has 2 aliphatic rings. The van der Waals surface area contributed by atoms with Crippen LogP contribution in [0.5, 0.6) is 5.75 Å². The number of hydrogen-bond donors (Lipinski definition) is 1. The number of benzene rings is 2. The van der Waals surface area contributed by atoms with Crippen molar-refractivity contribution in [3.8, 4) is 11.4 Å². The molecular formula is C25H27N3O2. The van der Waals surface area contributed by atoms with Gasteiger partial charge >= 0.3 is 0 Å². The number of anilines is 1. The van der Waals surface area contributed by atoms with E-state index >= 15 is 0 Å². The van der Waals surface area contributed by atoms with Gasteiger partial charge in [0.1, 0.15) is 5.75 Å². The van der Waals surface area contributed by atoms with E-state index in [2.05, 4.69) is 52.5 Å². The van der Waals surface area contributed by atoms with Gasteiger partial charge in [0.15, 0.2) is 0 Å². The molecule has 1 spiro atoms. The first-order valence-electron chi connectivity index (χ1n) is 10.7. The molecule has 0 atom stereocenters. The second-order valence-corrected chi connectivity index (χ2v) is 8.12. The molecule has 5 rings (SSSR count). The fourth-order valence-corrected chi connectivity index (χ4v) is 4.77. The van der Waals surface area contributed by atoms with Crippen molar-refractivity contribution in [2.24, 2.45) is 0 Å². The zero-order valence-corrected chi connectivity index (χ0v) is 17.3. The van der Waals surface area contributed by atoms with E-state index in [0.717, 1.165) is 42.9 Å². The van der Waals surface area contributed by atoms with Gasteiger partial charge in [0.05, 0.1) is 29.9 Å². The van der Waals surface area contributed by atoms with Gasteiger partial charge in [-0.25, -0.2) is 0 Å². The maximum absolute atomic E-state index is 12.9. The Balaban J connectivity index is 1.28. The minimum absolute atomic E-state index is 0.117. The maximum Gasteiger partial charge on any atom is 0.226 e. The molecule has 1 fully saturated rings. The molecule has 0 saturated carbocycles. The summed E-state index contributed by atoms with van der Waals surface area (Å²) in [6, 6.07) is 20.6. The predicted octanol–water partition coefficient (Wildman–Crippen LogP) is 4.36. The summed E-state index contributed by atoms with van der Waals surface area (Å²) in [5.41, 5.74) is 4.56. The van der Waals surface area contributed by atoms with E-state index in [-0.39, 0.29) is 11.4 Å². The van der Waals surface area contributed by atoms with E-state index in [1.165, 1.54) is 11.4 Å². The molecule has 0 radical (unpaired) electrons. The number of hydrogen-bond acceptors (Lipinski definition) is 3. The molecule has 3 heterocycles. The van der Waals surface area contributed by atoms with Crippen LogP contribution in [0.25, 0.3) is 5.69 Å². The molecule has 0 bridgehead atoms. The third-order valence-electron chi connectivity index (χ3n) is 6.34. The van der Waals surface area contributed by atoms with Gasteiger partial charge in [-0.05, 0) is 61.7 Å². The summed E-state index contributed by atoms with van der Waals surface area (Å²) in [6.45, 7) is 4.14. The van der Waals surface area contributed by atoms with Crippen LogP contribution in [0.1, 0.15) is 31.0 Å². The molecule has 3 aromatic rings. The average molecular weight is 402 g/mol. The Bertz CT molecular complexity index is 1050. The average Bonchev–Trinajstić information content (AvgIpc) is 3.27. The van der Waals surface area contributed by atoms with Gasteiger partial charge in [-0.3, -0.25) is 4.79 Å². The molecule has 30 heavy (non-hydrogen) atoms. The van der Waals surface area contributed by atoms with E-state index in [9.17, 15) is 4.79 Å². The highest BCUT2D eigenvalue weighted by Gasteiger charge is 2.42. The summed E-state index contributed by atoms with van der Waals surface area (Å²) < 4.78 is 7.78. The Labute approximate surface area is 177 Å². The quantitative estimate of drug-likeness (QED) is 0.707. The summed E-state index contributed by atoms with van der Waals surface area (Å²) in [5, 5.41) is 3.81. The van der Waals surface area contributed by atoms with E-state index < -0.39 is 0 Å². The number of para-hydroxylation sites is 2. The highest BCUT2D eigenvalue weighted by atomic mass is 16.5. The fraction of sp³-hybridized carbons (Fsp3) is 0.320. The third kappa shape index (κ3) is 3.24. The molecule has 0 aliphatic carbocycles. The van der Waals surface area contributed by atoms with Crippen molar-refractivity contribution in [3.63, 3.8) is 0 Å². The van der Waals surface area contributed by atoms with Gasteiger partial charge < -0.3 is 19.5 Å². The van der Waals surface area contributed by atoms with Crippen molar-refractivity contribution >= 4 is 11.6 Å². The van der Waals surface area contributed by atoms with E-state index in [1.54, 1.807) is 0 Å². The van der Waals surface area contributed by atoms with Crippen LogP contribution in [-0.4, -0.2) is 35.1 Å². The minimum atomic E-state index is -0.117. The number of fused-ring (bicyclic) bond motifs is 4. The van der Waals surface area contributed by atoms with Crippen molar-refractivity contribution in [2.45, 2.75) is 31.7 Å². The van der Waals surface area contributed by atoms with Gasteiger partial charge in [-0.1, -0.05) is 24.3 Å². The zero-order chi connectivity index (χ0) is 20.6. The predicted molar refractivity (Wildman–Crippen MR) is 118 cm³/mol. The van der Waals surface area contributed by atoms with Gasteiger partial charge in [0, 0.05) is 25.0 Å². The summed E-state index contributed by atoms with van der Waals surface area (Å²) in [5.74, 6) is 1.04. The Hall–Kier alpha value is -3.21. The Morgan fingerprint density at radius 2 is 1.80 bits per heavy atom. The highest BCUT2D eigenvalue weighted by molar-refractivity contribution is 5.79. The lowest BCUT2D eigenvalue weighted by Gasteiger charge is -2.46. The van der Waals surface area contributed by atoms with Crippen LogP contribution in [0.4, 0.5) is 5.69 Å². The summed E-state index contributed by atoms with van der Waals surface area (Å²) in [4.78, 5) is 14.9. The van der Waals surface area contributed by atoms with Crippen LogP contribution in [0, 0.1) is 0 Å². The largest absolute Gasteiger partial charge is 0.494 e. The first kappa shape index (κ1) is 18.8. The minimum Gasteiger partial charge on any atom is -0.494 e. The van der Waals surface area contributed by atoms with Crippen molar-refractivity contribution in [1.82, 2.24) is 9.47 Å². The second kappa shape index (κ2) is 7.56. The SMILES string of the molecule is CCOc1ccc(CC(=O)N2CCC3(CC2)Nc2ccccc2-n2cccc23)cc1. The third-order valence-corrected chi connectivity index (χ3v) is 6.34. The first-order chi connectivity index (χ1) is 14.7. The molecule has 2 aromatic carbocycles. The van der Waals surface area contributed by atoms with Gasteiger partial charge in [-0.2, -0.15) is 0 Å². The number of nitrogens with one attached hydrogen (secondary N) is 1. The molecular weight excluding hydrogens is 374 g/mol. The number of carbonyl (C=O) groups is 1. The van der Waals surface area contributed by atoms with Crippen LogP contribution in [0.15, 0.2) is 66.9 Å². The van der Waals surface area contributed by atoms with Crippen molar-refractivity contribution in [2.75, 3.05) is 25.0 Å². The molecule has 154 valence electrons. The molecule has 1 saturated heterocycles. The maximum atomic E-state index is 12.9. The Morgan fingerprint density at radius 1 is 1.03 bits per heavy atom. The highest BCUT2D eigenvalue weighted by Crippen LogP contribution is 2.43. The number of piperidine rings is 1. The zero-order valence-electron chi connectivity index (χ0n) is 17.3. The monoisotopic (exact) mass is 401 g/mol. The van der Waals surface area contributed by atoms with E-state index in [0.29, 0.717) is 13.0 Å². The topological polar surface area (TPSA) is 46.5 Å². The lowest BCUT2D eigenvalue weighted by Crippen LogP contribution is -2.51. The number of aromatic nitrogens is 1. The Morgan fingerprint density at radius 3 is 2.57 bits per heavy atom. The van der Waals surface area contributed by atoms with Crippen LogP contribution in [0.2, 0.25) is 0 Å². The van der Waals surface area contributed by atoms with Crippen molar-refractivity contribution < 1.29 is 9.53 Å². The van der Waals surface area contributed by atoms with Gasteiger partial charge in [0.25, 0.3) is 0 Å². The lowest BCUT2D eigenvalue weighted by molar-refractivity contribution is -0.132. The van der Waals surface area contributed by atoms with E-state index in [4.69, 9.17) is 4.74 Å².